The maximum Gasteiger partial charge on any atom is 0.325 e. The number of benzene rings is 2. The first kappa shape index (κ1) is 21.2. The standard InChI is InChI=1S/C21H21ClN2O4/c22-18-8-4-7-17(13-18)11-12-23-20(26)15-28-21(27)14-24-19(25)10-9-16-5-2-1-3-6-16/h1-10,13H,11-12,14-15H2,(H,23,26)(H,24,25)/b10-9+. The first-order valence-corrected chi connectivity index (χ1v) is 9.08. The Kier molecular flexibility index (Phi) is 8.75. The molecule has 28 heavy (non-hydrogen) atoms. The van der Waals surface area contributed by atoms with Crippen molar-refractivity contribution in [2.24, 2.45) is 0 Å². The van der Waals surface area contributed by atoms with Gasteiger partial charge in [0.1, 0.15) is 6.54 Å². The Labute approximate surface area is 168 Å². The highest BCUT2D eigenvalue weighted by molar-refractivity contribution is 6.30. The summed E-state index contributed by atoms with van der Waals surface area (Å²) >= 11 is 5.89. The molecule has 0 spiro atoms. The van der Waals surface area contributed by atoms with Crippen LogP contribution < -0.4 is 10.6 Å². The third-order valence-electron chi connectivity index (χ3n) is 3.62. The van der Waals surface area contributed by atoms with Crippen molar-refractivity contribution in [3.05, 3.63) is 76.8 Å². The van der Waals surface area contributed by atoms with Crippen molar-refractivity contribution in [2.75, 3.05) is 19.7 Å². The summed E-state index contributed by atoms with van der Waals surface area (Å²) in [5.41, 5.74) is 1.87. The molecule has 0 bridgehead atoms. The van der Waals surface area contributed by atoms with Crippen LogP contribution in [0.15, 0.2) is 60.7 Å². The summed E-state index contributed by atoms with van der Waals surface area (Å²) in [7, 11) is 0. The molecule has 0 aliphatic rings. The van der Waals surface area contributed by atoms with E-state index < -0.39 is 24.4 Å². The molecule has 146 valence electrons. The Balaban J connectivity index is 1.59. The number of ether oxygens (including phenoxy) is 1. The second-order valence-electron chi connectivity index (χ2n) is 5.85. The van der Waals surface area contributed by atoms with Crippen LogP contribution in [-0.4, -0.2) is 37.5 Å². The minimum atomic E-state index is -0.688. The van der Waals surface area contributed by atoms with Crippen molar-refractivity contribution in [3.8, 4) is 0 Å². The summed E-state index contributed by atoms with van der Waals surface area (Å²) in [5, 5.41) is 5.69. The molecule has 0 fully saturated rings. The van der Waals surface area contributed by atoms with E-state index in [9.17, 15) is 14.4 Å². The number of carbonyl (C=O) groups excluding carboxylic acids is 3. The largest absolute Gasteiger partial charge is 0.454 e. The van der Waals surface area contributed by atoms with Crippen molar-refractivity contribution in [1.29, 1.82) is 0 Å². The van der Waals surface area contributed by atoms with Crippen LogP contribution in [0.2, 0.25) is 5.02 Å². The molecule has 2 rings (SSSR count). The molecule has 0 aromatic heterocycles. The van der Waals surface area contributed by atoms with Gasteiger partial charge in [-0.15, -0.1) is 0 Å². The average molecular weight is 401 g/mol. The highest BCUT2D eigenvalue weighted by Crippen LogP contribution is 2.10. The Morgan fingerprint density at radius 3 is 2.54 bits per heavy atom. The first-order valence-electron chi connectivity index (χ1n) is 8.70. The molecule has 0 saturated carbocycles. The molecule has 0 aliphatic heterocycles. The van der Waals surface area contributed by atoms with Gasteiger partial charge in [0.05, 0.1) is 0 Å². The third kappa shape index (κ3) is 8.51. The van der Waals surface area contributed by atoms with E-state index in [1.807, 2.05) is 48.5 Å². The van der Waals surface area contributed by atoms with Gasteiger partial charge in [-0.05, 0) is 35.8 Å². The van der Waals surface area contributed by atoms with Crippen LogP contribution in [0, 0.1) is 0 Å². The summed E-state index contributed by atoms with van der Waals surface area (Å²) in [6.45, 7) is -0.310. The van der Waals surface area contributed by atoms with E-state index in [1.54, 1.807) is 12.1 Å². The van der Waals surface area contributed by atoms with Gasteiger partial charge >= 0.3 is 5.97 Å². The van der Waals surface area contributed by atoms with Crippen LogP contribution in [0.25, 0.3) is 6.08 Å². The molecule has 2 amide bonds. The van der Waals surface area contributed by atoms with Crippen LogP contribution in [0.4, 0.5) is 0 Å². The zero-order valence-electron chi connectivity index (χ0n) is 15.2. The molecule has 0 unspecified atom stereocenters. The van der Waals surface area contributed by atoms with Gasteiger partial charge in [-0.1, -0.05) is 54.1 Å². The van der Waals surface area contributed by atoms with Gasteiger partial charge in [-0.3, -0.25) is 14.4 Å². The van der Waals surface area contributed by atoms with Gasteiger partial charge in [-0.25, -0.2) is 0 Å². The molecule has 7 heteroatoms. The zero-order valence-corrected chi connectivity index (χ0v) is 15.9. The minimum absolute atomic E-state index is 0.312. The van der Waals surface area contributed by atoms with E-state index in [1.165, 1.54) is 6.08 Å². The van der Waals surface area contributed by atoms with Crippen LogP contribution in [-0.2, 0) is 25.5 Å². The van der Waals surface area contributed by atoms with Gasteiger partial charge in [-0.2, -0.15) is 0 Å². The molecule has 0 atom stereocenters. The molecule has 6 nitrogen and oxygen atoms in total. The molecule has 0 heterocycles. The highest BCUT2D eigenvalue weighted by atomic mass is 35.5. The van der Waals surface area contributed by atoms with Crippen LogP contribution in [0.3, 0.4) is 0 Å². The summed E-state index contributed by atoms with van der Waals surface area (Å²) < 4.78 is 4.83. The maximum atomic E-state index is 11.7. The van der Waals surface area contributed by atoms with Crippen LogP contribution in [0.5, 0.6) is 0 Å². The predicted molar refractivity (Wildman–Crippen MR) is 108 cm³/mol. The fourth-order valence-corrected chi connectivity index (χ4v) is 2.45. The van der Waals surface area contributed by atoms with Crippen molar-refractivity contribution in [3.63, 3.8) is 0 Å². The smallest absolute Gasteiger partial charge is 0.325 e. The number of hydrogen-bond donors (Lipinski definition) is 2. The molecule has 2 aromatic rings. The van der Waals surface area contributed by atoms with Crippen molar-refractivity contribution in [2.45, 2.75) is 6.42 Å². The molecule has 2 N–H and O–H groups in total. The molecule has 2 aromatic carbocycles. The zero-order chi connectivity index (χ0) is 20.2. The van der Waals surface area contributed by atoms with E-state index >= 15 is 0 Å². The highest BCUT2D eigenvalue weighted by Gasteiger charge is 2.08. The van der Waals surface area contributed by atoms with Gasteiger partial charge in [0.2, 0.25) is 5.91 Å². The number of nitrogens with one attached hydrogen (secondary N) is 2. The summed E-state index contributed by atoms with van der Waals surface area (Å²) in [6, 6.07) is 16.6. The second-order valence-corrected chi connectivity index (χ2v) is 6.29. The lowest BCUT2D eigenvalue weighted by atomic mass is 10.1. The number of hydrogen-bond acceptors (Lipinski definition) is 4. The van der Waals surface area contributed by atoms with Gasteiger partial charge in [0.25, 0.3) is 5.91 Å². The van der Waals surface area contributed by atoms with Crippen LogP contribution >= 0.6 is 11.6 Å². The van der Waals surface area contributed by atoms with Crippen LogP contribution in [0.1, 0.15) is 11.1 Å². The Morgan fingerprint density at radius 2 is 1.79 bits per heavy atom. The molecule has 0 saturated heterocycles. The first-order chi connectivity index (χ1) is 13.5. The molecular weight excluding hydrogens is 380 g/mol. The third-order valence-corrected chi connectivity index (χ3v) is 3.86. The lowest BCUT2D eigenvalue weighted by molar-refractivity contribution is -0.148. The second kappa shape index (κ2) is 11.6. The number of carbonyl (C=O) groups is 3. The molecular formula is C21H21ClN2O4. The monoisotopic (exact) mass is 400 g/mol. The Morgan fingerprint density at radius 1 is 1.00 bits per heavy atom. The normalized spacial score (nSPS) is 10.5. The maximum absolute atomic E-state index is 11.7. The number of rotatable bonds is 9. The number of amides is 2. The van der Waals surface area contributed by atoms with Crippen molar-refractivity contribution < 1.29 is 19.1 Å². The van der Waals surface area contributed by atoms with E-state index in [-0.39, 0.29) is 6.54 Å². The van der Waals surface area contributed by atoms with Gasteiger partial charge in [0.15, 0.2) is 6.61 Å². The number of halogens is 1. The summed E-state index contributed by atoms with van der Waals surface area (Å²) in [5.74, 6) is -1.52. The van der Waals surface area contributed by atoms with Crippen molar-refractivity contribution >= 4 is 35.5 Å². The lowest BCUT2D eigenvalue weighted by Crippen LogP contribution is -2.34. The fourth-order valence-electron chi connectivity index (χ4n) is 2.24. The van der Waals surface area contributed by atoms with E-state index in [0.717, 1.165) is 11.1 Å². The number of esters is 1. The topological polar surface area (TPSA) is 84.5 Å². The van der Waals surface area contributed by atoms with E-state index in [0.29, 0.717) is 18.0 Å². The van der Waals surface area contributed by atoms with Gasteiger partial charge < -0.3 is 15.4 Å². The quantitative estimate of drug-likeness (QED) is 0.500. The lowest BCUT2D eigenvalue weighted by Gasteiger charge is -2.07. The SMILES string of the molecule is O=C(/C=C/c1ccccc1)NCC(=O)OCC(=O)NCCc1cccc(Cl)c1. The minimum Gasteiger partial charge on any atom is -0.454 e. The Bertz CT molecular complexity index is 837. The predicted octanol–water partition coefficient (Wildman–Crippen LogP) is 2.37. The molecule has 0 radical (unpaired) electrons. The van der Waals surface area contributed by atoms with Crippen molar-refractivity contribution in [1.82, 2.24) is 10.6 Å². The Hall–Kier alpha value is -3.12. The summed E-state index contributed by atoms with van der Waals surface area (Å²) in [4.78, 5) is 35.0. The van der Waals surface area contributed by atoms with E-state index in [2.05, 4.69) is 10.6 Å². The fraction of sp³-hybridized carbons (Fsp3) is 0.190. The summed E-state index contributed by atoms with van der Waals surface area (Å²) in [6.07, 6.45) is 3.57. The van der Waals surface area contributed by atoms with Gasteiger partial charge in [0, 0.05) is 17.6 Å². The van der Waals surface area contributed by atoms with E-state index in [4.69, 9.17) is 16.3 Å². The average Bonchev–Trinajstić information content (AvgIpc) is 2.70. The molecule has 0 aliphatic carbocycles.